The molecule has 2 unspecified atom stereocenters. The Morgan fingerprint density at radius 2 is 1.95 bits per heavy atom. The first kappa shape index (κ1) is 14.0. The number of nitrogens with zero attached hydrogens (tertiary/aromatic N) is 1. The summed E-state index contributed by atoms with van der Waals surface area (Å²) in [4.78, 5) is 2.56. The molecule has 2 fully saturated rings. The summed E-state index contributed by atoms with van der Waals surface area (Å²) in [7, 11) is 3.79. The standard InChI is InChI=1S/C16H23ClN2O/c1-18-11-8-12-4-3-5-13(9-11)19(12)16-10-14(20-2)6-7-15(16)17/h6-7,10-13,18H,3-5,8-9H2,1-2H3. The van der Waals surface area contributed by atoms with E-state index in [1.165, 1.54) is 32.1 Å². The summed E-state index contributed by atoms with van der Waals surface area (Å²) in [6.07, 6.45) is 6.29. The molecule has 20 heavy (non-hydrogen) atoms. The molecule has 2 aliphatic heterocycles. The van der Waals surface area contributed by atoms with Crippen molar-refractivity contribution in [2.75, 3.05) is 19.1 Å². The van der Waals surface area contributed by atoms with E-state index >= 15 is 0 Å². The highest BCUT2D eigenvalue weighted by Gasteiger charge is 2.38. The summed E-state index contributed by atoms with van der Waals surface area (Å²) in [6, 6.07) is 7.82. The number of anilines is 1. The van der Waals surface area contributed by atoms with Crippen molar-refractivity contribution in [3.8, 4) is 5.75 Å². The molecule has 2 bridgehead atoms. The molecule has 0 aromatic heterocycles. The minimum absolute atomic E-state index is 0.601. The fourth-order valence-corrected chi connectivity index (χ4v) is 4.04. The van der Waals surface area contributed by atoms with Gasteiger partial charge in [-0.05, 0) is 51.3 Å². The summed E-state index contributed by atoms with van der Waals surface area (Å²) in [5, 5.41) is 4.30. The van der Waals surface area contributed by atoms with Gasteiger partial charge >= 0.3 is 0 Å². The molecular formula is C16H23ClN2O. The molecule has 0 saturated carbocycles. The Labute approximate surface area is 126 Å². The van der Waals surface area contributed by atoms with E-state index in [1.807, 2.05) is 12.1 Å². The van der Waals surface area contributed by atoms with Crippen molar-refractivity contribution in [2.45, 2.75) is 50.2 Å². The number of hydrogen-bond acceptors (Lipinski definition) is 3. The summed E-state index contributed by atoms with van der Waals surface area (Å²) in [5.41, 5.74) is 1.15. The molecule has 4 heteroatoms. The fraction of sp³-hybridized carbons (Fsp3) is 0.625. The van der Waals surface area contributed by atoms with Crippen LogP contribution in [0.2, 0.25) is 5.02 Å². The Morgan fingerprint density at radius 3 is 2.55 bits per heavy atom. The Morgan fingerprint density at radius 1 is 1.25 bits per heavy atom. The van der Waals surface area contributed by atoms with E-state index in [1.54, 1.807) is 7.11 Å². The molecule has 1 aromatic carbocycles. The quantitative estimate of drug-likeness (QED) is 0.924. The largest absolute Gasteiger partial charge is 0.497 e. The molecule has 3 nitrogen and oxygen atoms in total. The highest BCUT2D eigenvalue weighted by atomic mass is 35.5. The molecule has 0 amide bonds. The van der Waals surface area contributed by atoms with Gasteiger partial charge in [0.15, 0.2) is 0 Å². The van der Waals surface area contributed by atoms with Gasteiger partial charge in [-0.1, -0.05) is 11.6 Å². The van der Waals surface area contributed by atoms with E-state index in [2.05, 4.69) is 23.3 Å². The number of benzene rings is 1. The summed E-state index contributed by atoms with van der Waals surface area (Å²) >= 11 is 6.46. The molecule has 2 saturated heterocycles. The highest BCUT2D eigenvalue weighted by molar-refractivity contribution is 6.33. The van der Waals surface area contributed by atoms with Gasteiger partial charge in [0.25, 0.3) is 0 Å². The molecular weight excluding hydrogens is 272 g/mol. The van der Waals surface area contributed by atoms with E-state index in [4.69, 9.17) is 16.3 Å². The summed E-state index contributed by atoms with van der Waals surface area (Å²) < 4.78 is 5.37. The smallest absolute Gasteiger partial charge is 0.121 e. The third kappa shape index (κ3) is 2.49. The van der Waals surface area contributed by atoms with E-state index in [9.17, 15) is 0 Å². The lowest BCUT2D eigenvalue weighted by Gasteiger charge is -2.50. The van der Waals surface area contributed by atoms with E-state index < -0.39 is 0 Å². The molecule has 2 heterocycles. The van der Waals surface area contributed by atoms with Gasteiger partial charge < -0.3 is 15.0 Å². The maximum atomic E-state index is 6.46. The highest BCUT2D eigenvalue weighted by Crippen LogP contribution is 2.41. The molecule has 2 aliphatic rings. The van der Waals surface area contributed by atoms with Crippen LogP contribution in [0.4, 0.5) is 5.69 Å². The zero-order chi connectivity index (χ0) is 14.1. The van der Waals surface area contributed by atoms with Gasteiger partial charge in [0, 0.05) is 24.2 Å². The molecule has 0 aliphatic carbocycles. The van der Waals surface area contributed by atoms with Crippen LogP contribution in [0.3, 0.4) is 0 Å². The predicted molar refractivity (Wildman–Crippen MR) is 84.0 cm³/mol. The number of rotatable bonds is 3. The first-order chi connectivity index (χ1) is 9.72. The van der Waals surface area contributed by atoms with Crippen LogP contribution >= 0.6 is 11.6 Å². The van der Waals surface area contributed by atoms with Gasteiger partial charge in [0.1, 0.15) is 5.75 Å². The third-order valence-corrected chi connectivity index (χ3v) is 5.13. The number of ether oxygens (including phenoxy) is 1. The van der Waals surface area contributed by atoms with Crippen LogP contribution in [0.1, 0.15) is 32.1 Å². The lowest BCUT2D eigenvalue weighted by molar-refractivity contribution is 0.252. The maximum Gasteiger partial charge on any atom is 0.121 e. The second-order valence-electron chi connectivity index (χ2n) is 5.92. The molecule has 2 atom stereocenters. The molecule has 1 N–H and O–H groups in total. The van der Waals surface area contributed by atoms with Gasteiger partial charge in [-0.3, -0.25) is 0 Å². The van der Waals surface area contributed by atoms with Gasteiger partial charge in [-0.2, -0.15) is 0 Å². The van der Waals surface area contributed by atoms with Crippen molar-refractivity contribution in [1.29, 1.82) is 0 Å². The van der Waals surface area contributed by atoms with Gasteiger partial charge in [0.05, 0.1) is 17.8 Å². The number of fused-ring (bicyclic) bond motifs is 2. The number of hydrogen-bond donors (Lipinski definition) is 1. The van der Waals surface area contributed by atoms with Crippen LogP contribution in [0.5, 0.6) is 5.75 Å². The zero-order valence-corrected chi connectivity index (χ0v) is 13.0. The number of halogens is 1. The van der Waals surface area contributed by atoms with E-state index in [-0.39, 0.29) is 0 Å². The van der Waals surface area contributed by atoms with Crippen molar-refractivity contribution in [2.24, 2.45) is 0 Å². The fourth-order valence-electron chi connectivity index (χ4n) is 3.83. The van der Waals surface area contributed by atoms with Crippen LogP contribution in [0.25, 0.3) is 0 Å². The first-order valence-electron chi connectivity index (χ1n) is 7.52. The Hall–Kier alpha value is -0.930. The molecule has 1 aromatic rings. The van der Waals surface area contributed by atoms with Crippen LogP contribution in [0, 0.1) is 0 Å². The molecule has 110 valence electrons. The summed E-state index contributed by atoms with van der Waals surface area (Å²) in [5.74, 6) is 0.887. The normalized spacial score (nSPS) is 29.4. The third-order valence-electron chi connectivity index (χ3n) is 4.81. The Kier molecular flexibility index (Phi) is 4.08. The van der Waals surface area contributed by atoms with Gasteiger partial charge in [0.2, 0.25) is 0 Å². The Balaban J connectivity index is 1.93. The lowest BCUT2D eigenvalue weighted by Crippen LogP contribution is -2.56. The Bertz CT molecular complexity index is 466. The minimum atomic E-state index is 0.601. The van der Waals surface area contributed by atoms with Crippen LogP contribution < -0.4 is 15.0 Å². The number of methoxy groups -OCH3 is 1. The van der Waals surface area contributed by atoms with E-state index in [0.29, 0.717) is 18.1 Å². The van der Waals surface area contributed by atoms with Crippen molar-refractivity contribution in [3.05, 3.63) is 23.2 Å². The van der Waals surface area contributed by atoms with Gasteiger partial charge in [-0.25, -0.2) is 0 Å². The zero-order valence-electron chi connectivity index (χ0n) is 12.2. The molecule has 0 spiro atoms. The first-order valence-corrected chi connectivity index (χ1v) is 7.90. The van der Waals surface area contributed by atoms with Crippen molar-refractivity contribution in [3.63, 3.8) is 0 Å². The summed E-state index contributed by atoms with van der Waals surface area (Å²) in [6.45, 7) is 0. The van der Waals surface area contributed by atoms with Crippen LogP contribution in [-0.2, 0) is 0 Å². The van der Waals surface area contributed by atoms with E-state index in [0.717, 1.165) is 16.5 Å². The second-order valence-corrected chi connectivity index (χ2v) is 6.33. The van der Waals surface area contributed by atoms with Crippen molar-refractivity contribution < 1.29 is 4.74 Å². The van der Waals surface area contributed by atoms with Crippen LogP contribution in [0.15, 0.2) is 18.2 Å². The second kappa shape index (κ2) is 5.82. The van der Waals surface area contributed by atoms with Gasteiger partial charge in [-0.15, -0.1) is 0 Å². The van der Waals surface area contributed by atoms with Crippen LogP contribution in [-0.4, -0.2) is 32.3 Å². The average molecular weight is 295 g/mol. The monoisotopic (exact) mass is 294 g/mol. The number of nitrogens with one attached hydrogen (secondary N) is 1. The topological polar surface area (TPSA) is 24.5 Å². The predicted octanol–water partition coefficient (Wildman–Crippen LogP) is 3.46. The lowest BCUT2D eigenvalue weighted by atomic mass is 9.81. The molecule has 0 radical (unpaired) electrons. The number of piperidine rings is 2. The maximum absolute atomic E-state index is 6.46. The average Bonchev–Trinajstić information content (AvgIpc) is 2.46. The van der Waals surface area contributed by atoms with Crippen molar-refractivity contribution in [1.82, 2.24) is 5.32 Å². The molecule has 3 rings (SSSR count). The SMILES string of the molecule is CNC1CC2CCCC(C1)N2c1cc(OC)ccc1Cl. The minimum Gasteiger partial charge on any atom is -0.497 e. The van der Waals surface area contributed by atoms with Crippen molar-refractivity contribution >= 4 is 17.3 Å².